The molecule has 0 radical (unpaired) electrons. The number of hydrogen-bond donors (Lipinski definition) is 4. The molecule has 1 atom stereocenters. The number of amides is 1. The van der Waals surface area contributed by atoms with Gasteiger partial charge in [-0.3, -0.25) is 18.9 Å². The van der Waals surface area contributed by atoms with E-state index in [-0.39, 0.29) is 24.6 Å². The average molecular weight is 725 g/mol. The number of carbonyl (C=O) groups excluding carboxylic acids is 1. The number of nitrogens with zero attached hydrogens (tertiary/aromatic N) is 1. The molecule has 4 aromatic rings. The highest BCUT2D eigenvalue weighted by Crippen LogP contribution is 2.35. The standard InChI is InChI=1S/C34H35NO5P2.C2H7NO3S/c36-32(25-27(34(39)40)26-33(37)38)35(21-23-41(28-13-5-1-6-14-28)29-15-7-2-8-16-29)22-24-42(30-17-9-3-10-18-30)31-19-11-4-12-20-31;3-1-2-7(4,5)6/h1-20,27H,21-26H2,(H,37,38)(H,39,40);1-3H2,(H,4,5,6). The molecule has 0 aromatic heterocycles. The molecule has 0 bridgehead atoms. The molecule has 0 fully saturated rings. The molecule has 10 nitrogen and oxygen atoms in total. The lowest BCUT2D eigenvalue weighted by Gasteiger charge is -2.29. The van der Waals surface area contributed by atoms with Crippen LogP contribution in [0.4, 0.5) is 0 Å². The molecular weight excluding hydrogens is 682 g/mol. The predicted molar refractivity (Wildman–Crippen MR) is 198 cm³/mol. The minimum absolute atomic E-state index is 0.0289. The highest BCUT2D eigenvalue weighted by molar-refractivity contribution is 7.85. The Balaban J connectivity index is 0.000000838. The van der Waals surface area contributed by atoms with Crippen molar-refractivity contribution in [2.75, 3.05) is 37.7 Å². The van der Waals surface area contributed by atoms with E-state index in [1.54, 1.807) is 4.90 Å². The van der Waals surface area contributed by atoms with E-state index in [0.29, 0.717) is 25.4 Å². The van der Waals surface area contributed by atoms with Crippen LogP contribution in [-0.4, -0.2) is 83.6 Å². The van der Waals surface area contributed by atoms with Gasteiger partial charge < -0.3 is 20.8 Å². The zero-order valence-electron chi connectivity index (χ0n) is 27.0. The van der Waals surface area contributed by atoms with E-state index in [4.69, 9.17) is 10.3 Å². The molecule has 0 saturated heterocycles. The van der Waals surface area contributed by atoms with E-state index in [2.05, 4.69) is 48.5 Å². The van der Waals surface area contributed by atoms with Gasteiger partial charge in [0.05, 0.1) is 18.1 Å². The van der Waals surface area contributed by atoms with E-state index >= 15 is 0 Å². The second kappa shape index (κ2) is 20.5. The number of carbonyl (C=O) groups is 3. The zero-order chi connectivity index (χ0) is 35.6. The van der Waals surface area contributed by atoms with Gasteiger partial charge in [-0.25, -0.2) is 0 Å². The van der Waals surface area contributed by atoms with Crippen molar-refractivity contribution in [1.29, 1.82) is 0 Å². The highest BCUT2D eigenvalue weighted by atomic mass is 32.2. The maximum atomic E-state index is 13.7. The van der Waals surface area contributed by atoms with Gasteiger partial charge >= 0.3 is 11.9 Å². The topological polar surface area (TPSA) is 175 Å². The third-order valence-electron chi connectivity index (χ3n) is 7.38. The summed E-state index contributed by atoms with van der Waals surface area (Å²) in [6.07, 6.45) is 0.488. The van der Waals surface area contributed by atoms with Crippen molar-refractivity contribution in [1.82, 2.24) is 4.90 Å². The largest absolute Gasteiger partial charge is 0.481 e. The first-order valence-electron chi connectivity index (χ1n) is 15.6. The number of hydrogen-bond acceptors (Lipinski definition) is 6. The average Bonchev–Trinajstić information content (AvgIpc) is 3.08. The summed E-state index contributed by atoms with van der Waals surface area (Å²) in [5.41, 5.74) is 4.78. The van der Waals surface area contributed by atoms with E-state index in [1.165, 1.54) is 21.2 Å². The van der Waals surface area contributed by atoms with E-state index in [0.717, 1.165) is 0 Å². The fourth-order valence-electron chi connectivity index (χ4n) is 5.00. The molecular formula is C36H42N2O8P2S. The SMILES string of the molecule is NCCS(=O)(=O)O.O=C(O)CC(CC(=O)N(CCP(c1ccccc1)c1ccccc1)CCP(c1ccccc1)c1ccccc1)C(=O)O. The van der Waals surface area contributed by atoms with Crippen LogP contribution in [0, 0.1) is 5.92 Å². The molecule has 1 unspecified atom stereocenters. The Morgan fingerprint density at radius 2 is 0.980 bits per heavy atom. The maximum Gasteiger partial charge on any atom is 0.307 e. The van der Waals surface area contributed by atoms with Crippen molar-refractivity contribution >= 4 is 65.0 Å². The van der Waals surface area contributed by atoms with Crippen molar-refractivity contribution < 1.29 is 37.6 Å². The van der Waals surface area contributed by atoms with Gasteiger partial charge in [0.15, 0.2) is 0 Å². The molecule has 0 saturated carbocycles. The molecule has 4 rings (SSSR count). The third kappa shape index (κ3) is 14.2. The lowest BCUT2D eigenvalue weighted by Crippen LogP contribution is -2.39. The summed E-state index contributed by atoms with van der Waals surface area (Å²) in [5.74, 6) is -4.44. The Labute approximate surface area is 290 Å². The first-order chi connectivity index (χ1) is 23.5. The Kier molecular flexibility index (Phi) is 16.5. The monoisotopic (exact) mass is 724 g/mol. The molecule has 4 aromatic carbocycles. The molecule has 13 heteroatoms. The van der Waals surface area contributed by atoms with Crippen molar-refractivity contribution in [2.45, 2.75) is 12.8 Å². The summed E-state index contributed by atoms with van der Waals surface area (Å²) < 4.78 is 27.3. The first-order valence-corrected chi connectivity index (χ1v) is 20.3. The molecule has 49 heavy (non-hydrogen) atoms. The summed E-state index contributed by atoms with van der Waals surface area (Å²) >= 11 is 0. The molecule has 0 aliphatic carbocycles. The van der Waals surface area contributed by atoms with Crippen LogP contribution in [0.3, 0.4) is 0 Å². The van der Waals surface area contributed by atoms with Crippen LogP contribution in [0.25, 0.3) is 0 Å². The van der Waals surface area contributed by atoms with Crippen molar-refractivity contribution in [3.8, 4) is 0 Å². The molecule has 5 N–H and O–H groups in total. The summed E-state index contributed by atoms with van der Waals surface area (Å²) in [4.78, 5) is 38.6. The van der Waals surface area contributed by atoms with Crippen LogP contribution < -0.4 is 27.0 Å². The minimum atomic E-state index is -3.80. The fraction of sp³-hybridized carbons (Fsp3) is 0.250. The number of benzene rings is 4. The molecule has 1 amide bonds. The zero-order valence-corrected chi connectivity index (χ0v) is 29.6. The van der Waals surface area contributed by atoms with Gasteiger partial charge in [-0.2, -0.15) is 8.42 Å². The molecule has 0 aliphatic rings. The normalized spacial score (nSPS) is 11.8. The summed E-state index contributed by atoms with van der Waals surface area (Å²) in [6, 6.07) is 41.0. The van der Waals surface area contributed by atoms with E-state index < -0.39 is 50.2 Å². The predicted octanol–water partition coefficient (Wildman–Crippen LogP) is 3.48. The lowest BCUT2D eigenvalue weighted by atomic mass is 10.0. The Morgan fingerprint density at radius 3 is 1.22 bits per heavy atom. The maximum absolute atomic E-state index is 13.7. The summed E-state index contributed by atoms with van der Waals surface area (Å²) in [7, 11) is -5.33. The highest BCUT2D eigenvalue weighted by Gasteiger charge is 2.28. The van der Waals surface area contributed by atoms with Crippen LogP contribution in [0.15, 0.2) is 121 Å². The number of carboxylic acids is 2. The number of nitrogens with two attached hydrogens (primary N) is 1. The van der Waals surface area contributed by atoms with Gasteiger partial charge in [-0.05, 0) is 49.4 Å². The lowest BCUT2D eigenvalue weighted by molar-refractivity contribution is -0.150. The van der Waals surface area contributed by atoms with Gasteiger partial charge in [-0.1, -0.05) is 121 Å². The van der Waals surface area contributed by atoms with Crippen LogP contribution in [0.1, 0.15) is 12.8 Å². The quantitative estimate of drug-likeness (QED) is 0.0939. The van der Waals surface area contributed by atoms with Crippen LogP contribution in [0.5, 0.6) is 0 Å². The van der Waals surface area contributed by atoms with Gasteiger partial charge in [0, 0.05) is 26.1 Å². The van der Waals surface area contributed by atoms with Gasteiger partial charge in [0.1, 0.15) is 0 Å². The van der Waals surface area contributed by atoms with Gasteiger partial charge in [-0.15, -0.1) is 0 Å². The van der Waals surface area contributed by atoms with Crippen LogP contribution in [0.2, 0.25) is 0 Å². The van der Waals surface area contributed by atoms with Crippen LogP contribution in [-0.2, 0) is 24.5 Å². The first kappa shape index (κ1) is 39.5. The number of carboxylic acid groups (broad SMARTS) is 2. The summed E-state index contributed by atoms with van der Waals surface area (Å²) in [6.45, 7) is 0.861. The van der Waals surface area contributed by atoms with Crippen LogP contribution >= 0.6 is 15.8 Å². The minimum Gasteiger partial charge on any atom is -0.481 e. The van der Waals surface area contributed by atoms with Gasteiger partial charge in [0.2, 0.25) is 5.91 Å². The Bertz CT molecular complexity index is 1530. The molecule has 0 spiro atoms. The van der Waals surface area contributed by atoms with Crippen molar-refractivity contribution in [3.05, 3.63) is 121 Å². The van der Waals surface area contributed by atoms with Crippen molar-refractivity contribution in [2.24, 2.45) is 11.7 Å². The Morgan fingerprint density at radius 1 is 0.633 bits per heavy atom. The summed E-state index contributed by atoms with van der Waals surface area (Å²) in [5, 5.41) is 23.7. The number of aliphatic carboxylic acids is 2. The van der Waals surface area contributed by atoms with Gasteiger partial charge in [0.25, 0.3) is 10.1 Å². The molecule has 0 heterocycles. The molecule has 0 aliphatic heterocycles. The Hall–Kier alpha value is -3.98. The second-order valence-corrected chi connectivity index (χ2v) is 17.2. The fourth-order valence-corrected chi connectivity index (χ4v) is 9.93. The van der Waals surface area contributed by atoms with E-state index in [9.17, 15) is 33.0 Å². The number of rotatable bonds is 17. The van der Waals surface area contributed by atoms with E-state index in [1.807, 2.05) is 72.8 Å². The smallest absolute Gasteiger partial charge is 0.307 e. The van der Waals surface area contributed by atoms with Crippen molar-refractivity contribution in [3.63, 3.8) is 0 Å². The molecule has 260 valence electrons. The third-order valence-corrected chi connectivity index (χ3v) is 13.1. The second-order valence-electron chi connectivity index (χ2n) is 10.9.